The molecule has 0 spiro atoms. The minimum Gasteiger partial charge on any atom is -0.215 e. The Labute approximate surface area is 91.3 Å². The SMILES string of the molecule is Fc1ccc(CN(Cl)CCCl)cc1F. The molecule has 0 aromatic heterocycles. The van der Waals surface area contributed by atoms with Gasteiger partial charge in [0.15, 0.2) is 11.6 Å². The second kappa shape index (κ2) is 5.49. The molecule has 78 valence electrons. The van der Waals surface area contributed by atoms with Crippen LogP contribution in [0.5, 0.6) is 0 Å². The summed E-state index contributed by atoms with van der Waals surface area (Å²) in [6.45, 7) is 0.827. The standard InChI is InChI=1S/C9H9Cl2F2N/c10-3-4-14(11)6-7-1-2-8(12)9(13)5-7/h1-2,5H,3-4,6H2. The van der Waals surface area contributed by atoms with Gasteiger partial charge in [0.2, 0.25) is 0 Å². The van der Waals surface area contributed by atoms with E-state index in [9.17, 15) is 8.78 Å². The lowest BCUT2D eigenvalue weighted by Crippen LogP contribution is -2.14. The van der Waals surface area contributed by atoms with Crippen LogP contribution in [0.1, 0.15) is 5.56 Å². The van der Waals surface area contributed by atoms with E-state index in [2.05, 4.69) is 0 Å². The monoisotopic (exact) mass is 239 g/mol. The van der Waals surface area contributed by atoms with E-state index < -0.39 is 11.6 Å². The molecule has 1 nitrogen and oxygen atoms in total. The Morgan fingerprint density at radius 3 is 2.50 bits per heavy atom. The number of benzene rings is 1. The number of nitrogens with zero attached hydrogens (tertiary/aromatic N) is 1. The fraction of sp³-hybridized carbons (Fsp3) is 0.333. The summed E-state index contributed by atoms with van der Waals surface area (Å²) in [5.74, 6) is -1.32. The van der Waals surface area contributed by atoms with Crippen LogP contribution in [0.3, 0.4) is 0 Å². The van der Waals surface area contributed by atoms with E-state index in [1.54, 1.807) is 0 Å². The van der Waals surface area contributed by atoms with Gasteiger partial charge in [-0.3, -0.25) is 0 Å². The van der Waals surface area contributed by atoms with Gasteiger partial charge in [-0.1, -0.05) is 6.07 Å². The topological polar surface area (TPSA) is 3.24 Å². The van der Waals surface area contributed by atoms with Gasteiger partial charge in [0.1, 0.15) is 0 Å². The highest BCUT2D eigenvalue weighted by Crippen LogP contribution is 2.11. The van der Waals surface area contributed by atoms with Gasteiger partial charge < -0.3 is 0 Å². The molecule has 0 N–H and O–H groups in total. The van der Waals surface area contributed by atoms with Crippen LogP contribution in [0.4, 0.5) is 8.78 Å². The van der Waals surface area contributed by atoms with E-state index in [1.165, 1.54) is 10.5 Å². The molecule has 0 saturated heterocycles. The van der Waals surface area contributed by atoms with E-state index in [-0.39, 0.29) is 0 Å². The van der Waals surface area contributed by atoms with E-state index in [0.717, 1.165) is 12.1 Å². The number of rotatable bonds is 4. The van der Waals surface area contributed by atoms with Crippen LogP contribution in [0, 0.1) is 11.6 Å². The first-order valence-electron chi connectivity index (χ1n) is 4.04. The van der Waals surface area contributed by atoms with E-state index in [1.807, 2.05) is 0 Å². The lowest BCUT2D eigenvalue weighted by Gasteiger charge is -2.11. The second-order valence-corrected chi connectivity index (χ2v) is 3.64. The maximum Gasteiger partial charge on any atom is 0.159 e. The molecule has 14 heavy (non-hydrogen) atoms. The van der Waals surface area contributed by atoms with Crippen LogP contribution < -0.4 is 0 Å². The van der Waals surface area contributed by atoms with Crippen LogP contribution >= 0.6 is 23.4 Å². The zero-order valence-electron chi connectivity index (χ0n) is 7.31. The molecule has 0 saturated carbocycles. The predicted octanol–water partition coefficient (Wildman–Crippen LogP) is 3.16. The third-order valence-corrected chi connectivity index (χ3v) is 2.12. The van der Waals surface area contributed by atoms with Crippen molar-refractivity contribution < 1.29 is 8.78 Å². The summed E-state index contributed by atoms with van der Waals surface area (Å²) in [7, 11) is 0. The normalized spacial score (nSPS) is 10.9. The molecule has 0 atom stereocenters. The zero-order chi connectivity index (χ0) is 10.6. The number of hydrogen-bond acceptors (Lipinski definition) is 1. The van der Waals surface area contributed by atoms with Gasteiger partial charge in [0.05, 0.1) is 0 Å². The highest BCUT2D eigenvalue weighted by atomic mass is 35.5. The maximum absolute atomic E-state index is 12.8. The minimum atomic E-state index is -0.863. The van der Waals surface area contributed by atoms with Gasteiger partial charge in [-0.05, 0) is 29.5 Å². The highest BCUT2D eigenvalue weighted by molar-refractivity contribution is 6.19. The van der Waals surface area contributed by atoms with Crippen molar-refractivity contribution in [3.05, 3.63) is 35.4 Å². The van der Waals surface area contributed by atoms with Crippen molar-refractivity contribution >= 4 is 23.4 Å². The van der Waals surface area contributed by atoms with Crippen LogP contribution in [0.25, 0.3) is 0 Å². The van der Waals surface area contributed by atoms with Crippen molar-refractivity contribution in [2.24, 2.45) is 0 Å². The molecular formula is C9H9Cl2F2N. The smallest absolute Gasteiger partial charge is 0.159 e. The first-order valence-corrected chi connectivity index (χ1v) is 4.91. The maximum atomic E-state index is 12.8. The summed E-state index contributed by atoms with van der Waals surface area (Å²) >= 11 is 11.2. The van der Waals surface area contributed by atoms with Gasteiger partial charge in [-0.25, -0.2) is 13.2 Å². The molecule has 0 aliphatic heterocycles. The number of halogens is 4. The molecule has 0 fully saturated rings. The van der Waals surface area contributed by atoms with Crippen molar-refractivity contribution in [2.75, 3.05) is 12.4 Å². The quantitative estimate of drug-likeness (QED) is 0.577. The molecule has 1 aromatic carbocycles. The number of alkyl halides is 1. The number of hydrogen-bond donors (Lipinski definition) is 0. The second-order valence-electron chi connectivity index (χ2n) is 2.78. The summed E-state index contributed by atoms with van der Waals surface area (Å²) in [6, 6.07) is 3.69. The zero-order valence-corrected chi connectivity index (χ0v) is 8.82. The van der Waals surface area contributed by atoms with Crippen molar-refractivity contribution in [1.82, 2.24) is 4.42 Å². The molecule has 0 amide bonds. The highest BCUT2D eigenvalue weighted by Gasteiger charge is 2.05. The van der Waals surface area contributed by atoms with Crippen LogP contribution in [0.2, 0.25) is 0 Å². The van der Waals surface area contributed by atoms with Crippen LogP contribution in [0.15, 0.2) is 18.2 Å². The Bertz CT molecular complexity index is 307. The van der Waals surface area contributed by atoms with Gasteiger partial charge in [-0.15, -0.1) is 11.6 Å². The molecule has 5 heteroatoms. The first kappa shape index (κ1) is 11.7. The van der Waals surface area contributed by atoms with Crippen molar-refractivity contribution in [2.45, 2.75) is 6.54 Å². The first-order chi connectivity index (χ1) is 6.63. The Hall–Kier alpha value is -0.380. The summed E-state index contributed by atoms with van der Waals surface area (Å²) in [5.41, 5.74) is 0.615. The van der Waals surface area contributed by atoms with Gasteiger partial charge in [0, 0.05) is 19.0 Å². The van der Waals surface area contributed by atoms with Crippen molar-refractivity contribution in [3.8, 4) is 0 Å². The molecule has 1 rings (SSSR count). The van der Waals surface area contributed by atoms with Crippen molar-refractivity contribution in [1.29, 1.82) is 0 Å². The molecule has 0 heterocycles. The van der Waals surface area contributed by atoms with Gasteiger partial charge >= 0.3 is 0 Å². The van der Waals surface area contributed by atoms with Crippen molar-refractivity contribution in [3.63, 3.8) is 0 Å². The molecule has 0 radical (unpaired) electrons. The summed E-state index contributed by atoms with van der Waals surface area (Å²) in [5, 5.41) is 0. The molecule has 0 aliphatic carbocycles. The van der Waals surface area contributed by atoms with Gasteiger partial charge in [-0.2, -0.15) is 0 Å². The van der Waals surface area contributed by atoms with E-state index in [4.69, 9.17) is 23.4 Å². The average Bonchev–Trinajstić information content (AvgIpc) is 2.12. The lowest BCUT2D eigenvalue weighted by molar-refractivity contribution is 0.469. The Balaban J connectivity index is 2.63. The van der Waals surface area contributed by atoms with Gasteiger partial charge in [0.25, 0.3) is 0 Å². The van der Waals surface area contributed by atoms with E-state index >= 15 is 0 Å². The summed E-state index contributed by atoms with van der Waals surface area (Å²) < 4.78 is 26.7. The van der Waals surface area contributed by atoms with Crippen LogP contribution in [-0.2, 0) is 6.54 Å². The largest absolute Gasteiger partial charge is 0.215 e. The molecule has 0 bridgehead atoms. The fourth-order valence-corrected chi connectivity index (χ4v) is 1.52. The van der Waals surface area contributed by atoms with Crippen LogP contribution in [-0.4, -0.2) is 16.8 Å². The lowest BCUT2D eigenvalue weighted by atomic mass is 10.2. The predicted molar refractivity (Wildman–Crippen MR) is 53.3 cm³/mol. The Kier molecular flexibility index (Phi) is 4.58. The molecule has 0 unspecified atom stereocenters. The molecular weight excluding hydrogens is 231 g/mol. The summed E-state index contributed by atoms with van der Waals surface area (Å²) in [4.78, 5) is 0. The minimum absolute atomic E-state index is 0.339. The van der Waals surface area contributed by atoms with E-state index in [0.29, 0.717) is 24.5 Å². The Morgan fingerprint density at radius 1 is 1.21 bits per heavy atom. The third kappa shape index (κ3) is 3.40. The molecule has 1 aromatic rings. The Morgan fingerprint density at radius 2 is 1.93 bits per heavy atom. The third-order valence-electron chi connectivity index (χ3n) is 1.67. The summed E-state index contributed by atoms with van der Waals surface area (Å²) in [6.07, 6.45) is 0. The molecule has 0 aliphatic rings. The average molecular weight is 240 g/mol. The fourth-order valence-electron chi connectivity index (χ4n) is 1.01.